The number of Topliss-reactive ketones (excluding diaryl/α,β-unsaturated/α-hetero) is 1. The first-order valence-corrected chi connectivity index (χ1v) is 4.58. The van der Waals surface area contributed by atoms with Gasteiger partial charge in [-0.3, -0.25) is 9.78 Å². The number of aromatic nitrogens is 1. The first-order chi connectivity index (χ1) is 6.25. The highest BCUT2D eigenvalue weighted by atomic mass is 79.9. The molecular weight excluding hydrogens is 230 g/mol. The second-order valence-corrected chi connectivity index (χ2v) is 3.21. The number of carbonyl (C=O) groups excluding carboxylic acids is 1. The van der Waals surface area contributed by atoms with Crippen LogP contribution in [0.25, 0.3) is 0 Å². The fourth-order valence-corrected chi connectivity index (χ4v) is 1.32. The molecule has 1 heterocycles. The van der Waals surface area contributed by atoms with E-state index in [9.17, 15) is 4.79 Å². The predicted molar refractivity (Wildman–Crippen MR) is 54.3 cm³/mol. The van der Waals surface area contributed by atoms with Crippen LogP contribution in [0.4, 0.5) is 0 Å². The van der Waals surface area contributed by atoms with Gasteiger partial charge in [0.05, 0.1) is 6.42 Å². The summed E-state index contributed by atoms with van der Waals surface area (Å²) in [5.41, 5.74) is 0.449. The molecule has 0 saturated carbocycles. The van der Waals surface area contributed by atoms with Gasteiger partial charge in [0.1, 0.15) is 5.69 Å². The average molecular weight is 238 g/mol. The highest BCUT2D eigenvalue weighted by Crippen LogP contribution is 2.14. The summed E-state index contributed by atoms with van der Waals surface area (Å²) < 4.78 is 0.720. The van der Waals surface area contributed by atoms with Gasteiger partial charge in [-0.2, -0.15) is 0 Å². The van der Waals surface area contributed by atoms with Gasteiger partial charge in [-0.25, -0.2) is 0 Å². The highest BCUT2D eigenvalue weighted by molar-refractivity contribution is 9.10. The van der Waals surface area contributed by atoms with Crippen LogP contribution in [0.3, 0.4) is 0 Å². The fraction of sp³-hybridized carbons (Fsp3) is 0.200. The minimum Gasteiger partial charge on any atom is -0.291 e. The highest BCUT2D eigenvalue weighted by Gasteiger charge is 2.08. The number of ketones is 1. The van der Waals surface area contributed by atoms with E-state index in [1.165, 1.54) is 0 Å². The second kappa shape index (κ2) is 4.78. The Balaban J connectivity index is 2.87. The molecule has 3 heteroatoms. The van der Waals surface area contributed by atoms with Gasteiger partial charge in [-0.1, -0.05) is 5.92 Å². The van der Waals surface area contributed by atoms with E-state index in [1.807, 2.05) is 0 Å². The van der Waals surface area contributed by atoms with Crippen LogP contribution >= 0.6 is 15.9 Å². The van der Waals surface area contributed by atoms with E-state index in [1.54, 1.807) is 25.3 Å². The topological polar surface area (TPSA) is 30.0 Å². The zero-order chi connectivity index (χ0) is 9.68. The number of pyridine rings is 1. The molecule has 0 aliphatic heterocycles. The molecule has 0 aliphatic carbocycles. The van der Waals surface area contributed by atoms with Crippen LogP contribution in [0.15, 0.2) is 22.8 Å². The summed E-state index contributed by atoms with van der Waals surface area (Å²) in [5.74, 6) is 5.33. The standard InChI is InChI=1S/C10H8BrNO/c1-2-3-6-9(13)10-8(11)5-4-7-12-10/h4-5,7H,6H2,1H3. The molecule has 0 spiro atoms. The van der Waals surface area contributed by atoms with Crippen molar-refractivity contribution in [3.63, 3.8) is 0 Å². The van der Waals surface area contributed by atoms with E-state index in [4.69, 9.17) is 0 Å². The number of rotatable bonds is 2. The normalized spacial score (nSPS) is 8.77. The third-order valence-electron chi connectivity index (χ3n) is 1.45. The molecule has 1 aromatic heterocycles. The van der Waals surface area contributed by atoms with Crippen molar-refractivity contribution in [1.82, 2.24) is 4.98 Å². The summed E-state index contributed by atoms with van der Waals surface area (Å²) >= 11 is 3.26. The van der Waals surface area contributed by atoms with Crippen molar-refractivity contribution in [2.75, 3.05) is 0 Å². The third kappa shape index (κ3) is 2.67. The Morgan fingerprint density at radius 2 is 2.46 bits per heavy atom. The van der Waals surface area contributed by atoms with Crippen LogP contribution in [-0.4, -0.2) is 10.8 Å². The lowest BCUT2D eigenvalue weighted by molar-refractivity contribution is 0.0992. The smallest absolute Gasteiger partial charge is 0.194 e. The van der Waals surface area contributed by atoms with E-state index >= 15 is 0 Å². The van der Waals surface area contributed by atoms with Crippen LogP contribution in [0.2, 0.25) is 0 Å². The van der Waals surface area contributed by atoms with Gasteiger partial charge >= 0.3 is 0 Å². The van der Waals surface area contributed by atoms with Crippen LogP contribution in [-0.2, 0) is 0 Å². The monoisotopic (exact) mass is 237 g/mol. The predicted octanol–water partition coefficient (Wildman–Crippen LogP) is 2.44. The maximum atomic E-state index is 11.4. The van der Waals surface area contributed by atoms with Crippen molar-refractivity contribution in [3.05, 3.63) is 28.5 Å². The summed E-state index contributed by atoms with van der Waals surface area (Å²) in [5, 5.41) is 0. The van der Waals surface area contributed by atoms with Crippen LogP contribution < -0.4 is 0 Å². The molecule has 0 aliphatic rings. The van der Waals surface area contributed by atoms with Crippen molar-refractivity contribution in [3.8, 4) is 11.8 Å². The Labute approximate surface area is 85.5 Å². The van der Waals surface area contributed by atoms with E-state index in [-0.39, 0.29) is 12.2 Å². The Bertz CT molecular complexity index is 376. The zero-order valence-electron chi connectivity index (χ0n) is 7.17. The van der Waals surface area contributed by atoms with E-state index < -0.39 is 0 Å². The molecular formula is C10H8BrNO. The lowest BCUT2D eigenvalue weighted by atomic mass is 10.2. The van der Waals surface area contributed by atoms with Gasteiger partial charge in [0, 0.05) is 10.7 Å². The lowest BCUT2D eigenvalue weighted by Gasteiger charge is -1.97. The number of hydrogen-bond acceptors (Lipinski definition) is 2. The fourth-order valence-electron chi connectivity index (χ4n) is 0.843. The Morgan fingerprint density at radius 1 is 1.69 bits per heavy atom. The van der Waals surface area contributed by atoms with E-state index in [0.29, 0.717) is 5.69 Å². The van der Waals surface area contributed by atoms with Crippen LogP contribution in [0, 0.1) is 11.8 Å². The van der Waals surface area contributed by atoms with Gasteiger partial charge in [0.25, 0.3) is 0 Å². The maximum absolute atomic E-state index is 11.4. The molecule has 0 bridgehead atoms. The molecule has 0 N–H and O–H groups in total. The molecule has 0 fully saturated rings. The summed E-state index contributed by atoms with van der Waals surface area (Å²) in [6.45, 7) is 1.71. The van der Waals surface area contributed by atoms with Gasteiger partial charge in [-0.05, 0) is 35.0 Å². The largest absolute Gasteiger partial charge is 0.291 e. The van der Waals surface area contributed by atoms with Crippen LogP contribution in [0.5, 0.6) is 0 Å². The van der Waals surface area contributed by atoms with Crippen molar-refractivity contribution in [1.29, 1.82) is 0 Å². The summed E-state index contributed by atoms with van der Waals surface area (Å²) in [7, 11) is 0. The third-order valence-corrected chi connectivity index (χ3v) is 2.09. The second-order valence-electron chi connectivity index (χ2n) is 2.36. The quantitative estimate of drug-likeness (QED) is 0.585. The van der Waals surface area contributed by atoms with Crippen molar-refractivity contribution in [2.45, 2.75) is 13.3 Å². The van der Waals surface area contributed by atoms with Crippen molar-refractivity contribution < 1.29 is 4.79 Å². The summed E-state index contributed by atoms with van der Waals surface area (Å²) in [6, 6.07) is 3.56. The molecule has 0 saturated heterocycles. The van der Waals surface area contributed by atoms with Gasteiger partial charge in [-0.15, -0.1) is 5.92 Å². The molecule has 13 heavy (non-hydrogen) atoms. The van der Waals surface area contributed by atoms with Crippen LogP contribution in [0.1, 0.15) is 23.8 Å². The minimum atomic E-state index is -0.0539. The van der Waals surface area contributed by atoms with E-state index in [2.05, 4.69) is 32.8 Å². The molecule has 0 radical (unpaired) electrons. The number of nitrogens with zero attached hydrogens (tertiary/aromatic N) is 1. The SMILES string of the molecule is CC#CCC(=O)c1ncccc1Br. The minimum absolute atomic E-state index is 0.0539. The first-order valence-electron chi connectivity index (χ1n) is 3.79. The Kier molecular flexibility index (Phi) is 3.66. The zero-order valence-corrected chi connectivity index (χ0v) is 8.76. The Hall–Kier alpha value is -1.14. The van der Waals surface area contributed by atoms with Gasteiger partial charge in [0.15, 0.2) is 5.78 Å². The van der Waals surface area contributed by atoms with Gasteiger partial charge in [0.2, 0.25) is 0 Å². The molecule has 0 atom stereocenters. The molecule has 66 valence electrons. The molecule has 0 aromatic carbocycles. The Morgan fingerprint density at radius 3 is 3.08 bits per heavy atom. The number of carbonyl (C=O) groups is 1. The average Bonchev–Trinajstić information content (AvgIpc) is 2.15. The first kappa shape index (κ1) is 9.94. The molecule has 1 rings (SSSR count). The summed E-state index contributed by atoms with van der Waals surface area (Å²) in [4.78, 5) is 15.4. The molecule has 1 aromatic rings. The van der Waals surface area contributed by atoms with Gasteiger partial charge < -0.3 is 0 Å². The van der Waals surface area contributed by atoms with E-state index in [0.717, 1.165) is 4.47 Å². The summed E-state index contributed by atoms with van der Waals surface area (Å²) in [6.07, 6.45) is 1.82. The number of hydrogen-bond donors (Lipinski definition) is 0. The van der Waals surface area contributed by atoms with Crippen molar-refractivity contribution >= 4 is 21.7 Å². The lowest BCUT2D eigenvalue weighted by Crippen LogP contribution is -2.01. The molecule has 2 nitrogen and oxygen atoms in total. The molecule has 0 unspecified atom stereocenters. The molecule has 0 amide bonds. The number of halogens is 1. The maximum Gasteiger partial charge on any atom is 0.194 e. The van der Waals surface area contributed by atoms with Crippen molar-refractivity contribution in [2.24, 2.45) is 0 Å².